The van der Waals surface area contributed by atoms with Crippen LogP contribution in [0.1, 0.15) is 18.2 Å². The van der Waals surface area contributed by atoms with Gasteiger partial charge in [0.2, 0.25) is 5.91 Å². The van der Waals surface area contributed by atoms with Crippen molar-refractivity contribution in [3.8, 4) is 0 Å². The summed E-state index contributed by atoms with van der Waals surface area (Å²) in [7, 11) is 0. The summed E-state index contributed by atoms with van der Waals surface area (Å²) in [6.45, 7) is 7.57. The van der Waals surface area contributed by atoms with Gasteiger partial charge in [-0.2, -0.15) is 0 Å². The Labute approximate surface area is 136 Å². The van der Waals surface area contributed by atoms with E-state index in [1.807, 2.05) is 40.8 Å². The van der Waals surface area contributed by atoms with Crippen molar-refractivity contribution in [3.05, 3.63) is 35.8 Å². The van der Waals surface area contributed by atoms with Crippen molar-refractivity contribution in [1.82, 2.24) is 19.2 Å². The Hall–Kier alpha value is -1.92. The molecular formula is C17H24N4O2. The van der Waals surface area contributed by atoms with Crippen LogP contribution < -0.4 is 0 Å². The number of imidazole rings is 1. The van der Waals surface area contributed by atoms with Crippen molar-refractivity contribution in [1.29, 1.82) is 0 Å². The highest BCUT2D eigenvalue weighted by atomic mass is 16.3. The monoisotopic (exact) mass is 316 g/mol. The van der Waals surface area contributed by atoms with E-state index in [4.69, 9.17) is 0 Å². The van der Waals surface area contributed by atoms with Crippen LogP contribution in [0.15, 0.2) is 24.5 Å². The van der Waals surface area contributed by atoms with Crippen molar-refractivity contribution < 1.29 is 9.90 Å². The number of β-amino-alcohol motifs (C(OH)–C–C–N with tert-alkyl or cyclic N) is 1. The number of carbonyl (C=O) groups is 1. The summed E-state index contributed by atoms with van der Waals surface area (Å²) in [6, 6.07) is 4.01. The summed E-state index contributed by atoms with van der Waals surface area (Å²) in [5.74, 6) is 0.128. The summed E-state index contributed by atoms with van der Waals surface area (Å²) >= 11 is 0. The molecule has 1 fully saturated rings. The summed E-state index contributed by atoms with van der Waals surface area (Å²) in [6.07, 6.45) is 3.91. The number of hydrogen-bond acceptors (Lipinski definition) is 4. The first-order chi connectivity index (χ1) is 11.0. The molecule has 1 atom stereocenters. The number of rotatable bonds is 4. The third-order valence-electron chi connectivity index (χ3n) is 4.31. The van der Waals surface area contributed by atoms with Gasteiger partial charge in [0.15, 0.2) is 0 Å². The molecular weight excluding hydrogens is 292 g/mol. The van der Waals surface area contributed by atoms with Crippen LogP contribution in [-0.4, -0.2) is 69.0 Å². The molecule has 1 saturated heterocycles. The Morgan fingerprint density at radius 2 is 2.09 bits per heavy atom. The SMILES string of the molecule is Cc1cccn2cc(CC(=O)N3CCN(C[C@@H](C)O)CC3)nc12. The Kier molecular flexibility index (Phi) is 4.63. The second kappa shape index (κ2) is 6.68. The lowest BCUT2D eigenvalue weighted by Crippen LogP contribution is -2.50. The lowest BCUT2D eigenvalue weighted by molar-refractivity contribution is -0.132. The van der Waals surface area contributed by atoms with Crippen LogP contribution in [0.5, 0.6) is 0 Å². The number of piperazine rings is 1. The van der Waals surface area contributed by atoms with Gasteiger partial charge in [-0.3, -0.25) is 9.69 Å². The van der Waals surface area contributed by atoms with Crippen LogP contribution in [0.25, 0.3) is 5.65 Å². The van der Waals surface area contributed by atoms with Crippen LogP contribution in [0.4, 0.5) is 0 Å². The van der Waals surface area contributed by atoms with E-state index in [0.717, 1.165) is 43.1 Å². The fraction of sp³-hybridized carbons (Fsp3) is 0.529. The predicted molar refractivity (Wildman–Crippen MR) is 88.3 cm³/mol. The molecule has 0 aliphatic carbocycles. The number of pyridine rings is 1. The number of fused-ring (bicyclic) bond motifs is 1. The number of nitrogens with zero attached hydrogens (tertiary/aromatic N) is 4. The van der Waals surface area contributed by atoms with Crippen molar-refractivity contribution in [2.24, 2.45) is 0 Å². The van der Waals surface area contributed by atoms with E-state index >= 15 is 0 Å². The first-order valence-corrected chi connectivity index (χ1v) is 8.14. The fourth-order valence-electron chi connectivity index (χ4n) is 3.11. The molecule has 3 heterocycles. The molecule has 2 aromatic rings. The number of aliphatic hydroxyl groups is 1. The number of amides is 1. The van der Waals surface area contributed by atoms with Crippen LogP contribution in [-0.2, 0) is 11.2 Å². The lowest BCUT2D eigenvalue weighted by atomic mass is 10.2. The molecule has 0 spiro atoms. The molecule has 1 aliphatic heterocycles. The average molecular weight is 316 g/mol. The van der Waals surface area contributed by atoms with E-state index in [2.05, 4.69) is 9.88 Å². The molecule has 124 valence electrons. The van der Waals surface area contributed by atoms with Crippen molar-refractivity contribution in [2.75, 3.05) is 32.7 Å². The summed E-state index contributed by atoms with van der Waals surface area (Å²) in [5, 5.41) is 9.43. The number of hydrogen-bond donors (Lipinski definition) is 1. The summed E-state index contributed by atoms with van der Waals surface area (Å²) in [4.78, 5) is 21.1. The molecule has 0 unspecified atom stereocenters. The molecule has 0 saturated carbocycles. The summed E-state index contributed by atoms with van der Waals surface area (Å²) < 4.78 is 1.97. The van der Waals surface area contributed by atoms with Gasteiger partial charge in [0, 0.05) is 45.1 Å². The molecule has 0 aromatic carbocycles. The molecule has 6 nitrogen and oxygen atoms in total. The Bertz CT molecular complexity index is 687. The lowest BCUT2D eigenvalue weighted by Gasteiger charge is -2.35. The van der Waals surface area contributed by atoms with Crippen LogP contribution in [0.2, 0.25) is 0 Å². The zero-order valence-electron chi connectivity index (χ0n) is 13.8. The molecule has 0 bridgehead atoms. The van der Waals surface area contributed by atoms with E-state index in [-0.39, 0.29) is 12.0 Å². The third kappa shape index (κ3) is 3.71. The normalized spacial score (nSPS) is 17.6. The minimum Gasteiger partial charge on any atom is -0.392 e. The Morgan fingerprint density at radius 3 is 2.74 bits per heavy atom. The third-order valence-corrected chi connectivity index (χ3v) is 4.31. The van der Waals surface area contributed by atoms with Gasteiger partial charge < -0.3 is 14.4 Å². The topological polar surface area (TPSA) is 61.1 Å². The quantitative estimate of drug-likeness (QED) is 0.902. The maximum Gasteiger partial charge on any atom is 0.228 e. The van der Waals surface area contributed by atoms with E-state index < -0.39 is 0 Å². The first-order valence-electron chi connectivity index (χ1n) is 8.14. The van der Waals surface area contributed by atoms with Crippen molar-refractivity contribution >= 4 is 11.6 Å². The standard InChI is InChI=1S/C17H24N4O2/c1-13-4-3-5-21-12-15(18-17(13)21)10-16(23)20-8-6-19(7-9-20)11-14(2)22/h3-5,12,14,22H,6-11H2,1-2H3/t14-/m1/s1. The van der Waals surface area contributed by atoms with Gasteiger partial charge in [-0.05, 0) is 25.5 Å². The number of aromatic nitrogens is 2. The van der Waals surface area contributed by atoms with E-state index in [1.54, 1.807) is 6.92 Å². The smallest absolute Gasteiger partial charge is 0.228 e. The Balaban J connectivity index is 1.60. The fourth-order valence-corrected chi connectivity index (χ4v) is 3.11. The molecule has 23 heavy (non-hydrogen) atoms. The van der Waals surface area contributed by atoms with E-state index in [0.29, 0.717) is 13.0 Å². The van der Waals surface area contributed by atoms with E-state index in [9.17, 15) is 9.90 Å². The van der Waals surface area contributed by atoms with Gasteiger partial charge in [-0.15, -0.1) is 0 Å². The molecule has 3 rings (SSSR count). The molecule has 6 heteroatoms. The first kappa shape index (κ1) is 16.0. The van der Waals surface area contributed by atoms with E-state index in [1.165, 1.54) is 0 Å². The number of aryl methyl sites for hydroxylation is 1. The maximum atomic E-state index is 12.5. The second-order valence-electron chi connectivity index (χ2n) is 6.36. The second-order valence-corrected chi connectivity index (χ2v) is 6.36. The molecule has 0 radical (unpaired) electrons. The van der Waals surface area contributed by atoms with Crippen LogP contribution >= 0.6 is 0 Å². The van der Waals surface area contributed by atoms with Gasteiger partial charge in [0.05, 0.1) is 18.2 Å². The average Bonchev–Trinajstić information content (AvgIpc) is 2.91. The van der Waals surface area contributed by atoms with Gasteiger partial charge in [0.25, 0.3) is 0 Å². The highest BCUT2D eigenvalue weighted by Gasteiger charge is 2.22. The highest BCUT2D eigenvalue weighted by molar-refractivity contribution is 5.78. The highest BCUT2D eigenvalue weighted by Crippen LogP contribution is 2.12. The van der Waals surface area contributed by atoms with Gasteiger partial charge in [-0.1, -0.05) is 6.07 Å². The Morgan fingerprint density at radius 1 is 1.35 bits per heavy atom. The van der Waals surface area contributed by atoms with Gasteiger partial charge in [-0.25, -0.2) is 4.98 Å². The van der Waals surface area contributed by atoms with Crippen LogP contribution in [0.3, 0.4) is 0 Å². The predicted octanol–water partition coefficient (Wildman–Crippen LogP) is 0.710. The van der Waals surface area contributed by atoms with Gasteiger partial charge in [0.1, 0.15) is 5.65 Å². The number of aliphatic hydroxyl groups excluding tert-OH is 1. The van der Waals surface area contributed by atoms with Crippen LogP contribution in [0, 0.1) is 6.92 Å². The molecule has 1 N–H and O–H groups in total. The molecule has 1 amide bonds. The minimum atomic E-state index is -0.321. The summed E-state index contributed by atoms with van der Waals surface area (Å²) in [5.41, 5.74) is 2.84. The largest absolute Gasteiger partial charge is 0.392 e. The molecule has 1 aliphatic rings. The zero-order chi connectivity index (χ0) is 16.4. The van der Waals surface area contributed by atoms with Crippen molar-refractivity contribution in [3.63, 3.8) is 0 Å². The zero-order valence-corrected chi connectivity index (χ0v) is 13.8. The van der Waals surface area contributed by atoms with Gasteiger partial charge >= 0.3 is 0 Å². The molecule has 2 aromatic heterocycles. The number of carbonyl (C=O) groups excluding carboxylic acids is 1. The minimum absolute atomic E-state index is 0.128. The van der Waals surface area contributed by atoms with Crippen molar-refractivity contribution in [2.45, 2.75) is 26.4 Å². The maximum absolute atomic E-state index is 12.5.